The van der Waals surface area contributed by atoms with E-state index >= 15 is 0 Å². The van der Waals surface area contributed by atoms with Gasteiger partial charge in [0.15, 0.2) is 0 Å². The molecule has 2 aliphatic rings. The van der Waals surface area contributed by atoms with E-state index in [1.54, 1.807) is 0 Å². The number of morpholine rings is 1. The fourth-order valence-corrected chi connectivity index (χ4v) is 3.83. The van der Waals surface area contributed by atoms with Crippen molar-refractivity contribution in [3.05, 3.63) is 59.0 Å². The lowest BCUT2D eigenvalue weighted by Gasteiger charge is -2.44. The summed E-state index contributed by atoms with van der Waals surface area (Å²) in [5, 5.41) is 4.11. The van der Waals surface area contributed by atoms with Gasteiger partial charge in [0, 0.05) is 18.2 Å². The maximum atomic E-state index is 5.81. The van der Waals surface area contributed by atoms with Crippen LogP contribution in [0.5, 0.6) is 0 Å². The molecule has 23 heavy (non-hydrogen) atoms. The van der Waals surface area contributed by atoms with Crippen LogP contribution in [0, 0.1) is 13.8 Å². The van der Waals surface area contributed by atoms with Crippen LogP contribution in [0.15, 0.2) is 40.9 Å². The summed E-state index contributed by atoms with van der Waals surface area (Å²) in [4.78, 5) is 2.57. The van der Waals surface area contributed by atoms with Gasteiger partial charge in [0.05, 0.1) is 24.9 Å². The zero-order valence-electron chi connectivity index (χ0n) is 13.7. The molecule has 0 amide bonds. The fraction of sp³-hybridized carbons (Fsp3) is 0.421. The van der Waals surface area contributed by atoms with Gasteiger partial charge in [0.2, 0.25) is 0 Å². The third kappa shape index (κ3) is 2.73. The Morgan fingerprint density at radius 3 is 2.70 bits per heavy atom. The minimum Gasteiger partial charge on any atom is -0.378 e. The number of fused-ring (bicyclic) bond motifs is 2. The molecule has 1 fully saturated rings. The summed E-state index contributed by atoms with van der Waals surface area (Å²) < 4.78 is 11.2. The van der Waals surface area contributed by atoms with Crippen molar-refractivity contribution in [2.75, 3.05) is 13.2 Å². The molecule has 3 heterocycles. The van der Waals surface area contributed by atoms with Crippen molar-refractivity contribution < 1.29 is 9.26 Å². The molecule has 1 aromatic carbocycles. The monoisotopic (exact) mass is 310 g/mol. The number of benzene rings is 1. The first-order valence-corrected chi connectivity index (χ1v) is 8.23. The van der Waals surface area contributed by atoms with Crippen molar-refractivity contribution in [1.29, 1.82) is 0 Å². The average molecular weight is 310 g/mol. The van der Waals surface area contributed by atoms with E-state index in [1.807, 2.05) is 13.8 Å². The third-order valence-electron chi connectivity index (χ3n) is 4.91. The second kappa shape index (κ2) is 5.95. The second-order valence-electron chi connectivity index (χ2n) is 6.51. The smallest absolute Gasteiger partial charge is 0.141 e. The van der Waals surface area contributed by atoms with E-state index in [0.717, 1.165) is 37.6 Å². The van der Waals surface area contributed by atoms with Crippen LogP contribution in [-0.4, -0.2) is 35.4 Å². The Labute approximate surface area is 136 Å². The molecular formula is C19H22N2O2. The topological polar surface area (TPSA) is 38.5 Å². The molecule has 2 unspecified atom stereocenters. The van der Waals surface area contributed by atoms with Gasteiger partial charge in [-0.15, -0.1) is 0 Å². The molecule has 120 valence electrons. The van der Waals surface area contributed by atoms with Gasteiger partial charge in [-0.3, -0.25) is 4.90 Å². The molecule has 4 rings (SSSR count). The van der Waals surface area contributed by atoms with Crippen molar-refractivity contribution in [2.24, 2.45) is 0 Å². The zero-order valence-corrected chi connectivity index (χ0v) is 13.7. The quantitative estimate of drug-likeness (QED) is 0.871. The number of ether oxygens (including phenoxy) is 1. The predicted molar refractivity (Wildman–Crippen MR) is 89.0 cm³/mol. The molecule has 0 aliphatic carbocycles. The SMILES string of the molecule is Cc1noc(C)c1C1=CC2COCC(C1)N2Cc1ccccc1. The van der Waals surface area contributed by atoms with E-state index in [2.05, 4.69) is 46.5 Å². The standard InChI is InChI=1S/C19H22N2O2/c1-13-19(14(2)23-20-13)16-8-17-11-22-12-18(9-16)21(17)10-15-6-4-3-5-7-15/h3-8,17-18H,9-12H2,1-2H3. The predicted octanol–water partition coefficient (Wildman–Crippen LogP) is 3.35. The summed E-state index contributed by atoms with van der Waals surface area (Å²) in [6.07, 6.45) is 3.34. The number of rotatable bonds is 3. The highest BCUT2D eigenvalue weighted by molar-refractivity contribution is 5.70. The lowest BCUT2D eigenvalue weighted by molar-refractivity contribution is -0.0403. The van der Waals surface area contributed by atoms with Crippen LogP contribution in [0.4, 0.5) is 0 Å². The van der Waals surface area contributed by atoms with Crippen molar-refractivity contribution in [2.45, 2.75) is 38.9 Å². The first-order chi connectivity index (χ1) is 11.2. The van der Waals surface area contributed by atoms with Gasteiger partial charge < -0.3 is 9.26 Å². The maximum Gasteiger partial charge on any atom is 0.141 e. The van der Waals surface area contributed by atoms with Crippen molar-refractivity contribution in [1.82, 2.24) is 10.1 Å². The van der Waals surface area contributed by atoms with E-state index in [0.29, 0.717) is 12.1 Å². The molecular weight excluding hydrogens is 288 g/mol. The number of aromatic nitrogens is 1. The molecule has 2 bridgehead atoms. The van der Waals surface area contributed by atoms with E-state index < -0.39 is 0 Å². The molecule has 2 aromatic rings. The molecule has 0 N–H and O–H groups in total. The first-order valence-electron chi connectivity index (χ1n) is 8.23. The van der Waals surface area contributed by atoms with Gasteiger partial charge in [-0.2, -0.15) is 0 Å². The Morgan fingerprint density at radius 2 is 2.00 bits per heavy atom. The van der Waals surface area contributed by atoms with Gasteiger partial charge in [-0.25, -0.2) is 0 Å². The summed E-state index contributed by atoms with van der Waals surface area (Å²) in [5.41, 5.74) is 4.91. The van der Waals surface area contributed by atoms with Crippen LogP contribution in [0.1, 0.15) is 29.0 Å². The van der Waals surface area contributed by atoms with Crippen LogP contribution >= 0.6 is 0 Å². The van der Waals surface area contributed by atoms with Gasteiger partial charge in [-0.1, -0.05) is 41.6 Å². The molecule has 0 saturated carbocycles. The largest absolute Gasteiger partial charge is 0.378 e. The molecule has 0 spiro atoms. The molecule has 1 aromatic heterocycles. The van der Waals surface area contributed by atoms with Crippen LogP contribution in [0.25, 0.3) is 5.57 Å². The lowest BCUT2D eigenvalue weighted by atomic mass is 9.88. The van der Waals surface area contributed by atoms with Gasteiger partial charge in [0.25, 0.3) is 0 Å². The summed E-state index contributed by atoms with van der Waals surface area (Å²) in [5.74, 6) is 0.921. The van der Waals surface area contributed by atoms with E-state index in [-0.39, 0.29) is 0 Å². The second-order valence-corrected chi connectivity index (χ2v) is 6.51. The number of nitrogens with zero attached hydrogens (tertiary/aromatic N) is 2. The Bertz CT molecular complexity index is 701. The Hall–Kier alpha value is -1.91. The van der Waals surface area contributed by atoms with Crippen LogP contribution in [0.2, 0.25) is 0 Å². The minimum atomic E-state index is 0.325. The summed E-state index contributed by atoms with van der Waals surface area (Å²) >= 11 is 0. The fourth-order valence-electron chi connectivity index (χ4n) is 3.83. The van der Waals surface area contributed by atoms with Crippen LogP contribution in [0.3, 0.4) is 0 Å². The molecule has 4 heteroatoms. The summed E-state index contributed by atoms with van der Waals surface area (Å²) in [6.45, 7) is 6.55. The first kappa shape index (κ1) is 14.7. The van der Waals surface area contributed by atoms with Crippen LogP contribution in [-0.2, 0) is 11.3 Å². The summed E-state index contributed by atoms with van der Waals surface area (Å²) in [6, 6.07) is 11.4. The molecule has 2 atom stereocenters. The third-order valence-corrected chi connectivity index (χ3v) is 4.91. The molecule has 0 radical (unpaired) electrons. The van der Waals surface area contributed by atoms with Crippen LogP contribution < -0.4 is 0 Å². The molecule has 4 nitrogen and oxygen atoms in total. The Morgan fingerprint density at radius 1 is 1.17 bits per heavy atom. The highest BCUT2D eigenvalue weighted by Gasteiger charge is 2.36. The number of aryl methyl sites for hydroxylation is 2. The molecule has 2 aliphatic heterocycles. The van der Waals surface area contributed by atoms with E-state index in [4.69, 9.17) is 9.26 Å². The van der Waals surface area contributed by atoms with E-state index in [1.165, 1.54) is 16.7 Å². The lowest BCUT2D eigenvalue weighted by Crippen LogP contribution is -2.53. The number of hydrogen-bond donors (Lipinski definition) is 0. The van der Waals surface area contributed by atoms with Gasteiger partial charge in [0.1, 0.15) is 5.76 Å². The minimum absolute atomic E-state index is 0.325. The average Bonchev–Trinajstić information content (AvgIpc) is 2.87. The Balaban J connectivity index is 1.63. The summed E-state index contributed by atoms with van der Waals surface area (Å²) in [7, 11) is 0. The zero-order chi connectivity index (χ0) is 15.8. The maximum absolute atomic E-state index is 5.81. The van der Waals surface area contributed by atoms with Gasteiger partial charge >= 0.3 is 0 Å². The van der Waals surface area contributed by atoms with Crippen molar-refractivity contribution in [3.63, 3.8) is 0 Å². The normalized spacial score (nSPS) is 24.5. The highest BCUT2D eigenvalue weighted by Crippen LogP contribution is 2.35. The van der Waals surface area contributed by atoms with Gasteiger partial charge in [-0.05, 0) is 31.4 Å². The van der Waals surface area contributed by atoms with Crippen molar-refractivity contribution >= 4 is 5.57 Å². The van der Waals surface area contributed by atoms with Crippen molar-refractivity contribution in [3.8, 4) is 0 Å². The highest BCUT2D eigenvalue weighted by atomic mass is 16.5. The molecule has 1 saturated heterocycles. The van der Waals surface area contributed by atoms with E-state index in [9.17, 15) is 0 Å². The Kier molecular flexibility index (Phi) is 3.79. The number of hydrogen-bond acceptors (Lipinski definition) is 4.